The molecule has 2 heterocycles. The van der Waals surface area contributed by atoms with E-state index in [0.29, 0.717) is 31.7 Å². The topological polar surface area (TPSA) is 416 Å². The van der Waals surface area contributed by atoms with E-state index < -0.39 is 53.9 Å². The van der Waals surface area contributed by atoms with Crippen molar-refractivity contribution in [2.75, 3.05) is 26.2 Å². The number of hydrogen-bond acceptors (Lipinski definition) is 13. The molecule has 0 aromatic carbocycles. The molecule has 5 atom stereocenters. The van der Waals surface area contributed by atoms with Crippen LogP contribution < -0.4 is 45.0 Å². The van der Waals surface area contributed by atoms with Gasteiger partial charge in [0.15, 0.2) is 5.96 Å². The van der Waals surface area contributed by atoms with E-state index in [0.717, 1.165) is 38.8 Å². The molecule has 0 saturated carbocycles. The Bertz CT molecular complexity index is 958. The number of hydrogen-bond donors (Lipinski definition) is 14. The SMILES string of the molecule is CC(C)C[C@H](N)C(=O)O.CC(C)[C@H](N)C(=O)O.NC(N)=NCCC[C@H](N)C(=O)O.NCC(=O)O.O=C(O)[C@@H]1CCCN1.O=C(O)[C@@H]1CCCN1. The first-order chi connectivity index (χ1) is 23.0. The molecule has 0 aliphatic carbocycles. The fourth-order valence-corrected chi connectivity index (χ4v) is 3.33. The van der Waals surface area contributed by atoms with E-state index in [1.54, 1.807) is 13.8 Å². The summed E-state index contributed by atoms with van der Waals surface area (Å²) in [4.78, 5) is 63.5. The van der Waals surface area contributed by atoms with E-state index in [4.69, 9.17) is 59.3 Å². The van der Waals surface area contributed by atoms with Crippen molar-refractivity contribution in [2.45, 2.75) is 103 Å². The first-order valence-electron chi connectivity index (χ1n) is 15.9. The average molecular weight is 728 g/mol. The van der Waals surface area contributed by atoms with E-state index in [1.165, 1.54) is 0 Å². The highest BCUT2D eigenvalue weighted by atomic mass is 16.4. The molecule has 0 aromatic rings. The highest BCUT2D eigenvalue weighted by Crippen LogP contribution is 2.04. The molecule has 21 nitrogen and oxygen atoms in total. The number of rotatable bonds is 13. The van der Waals surface area contributed by atoms with Crippen molar-refractivity contribution in [1.82, 2.24) is 10.6 Å². The summed E-state index contributed by atoms with van der Waals surface area (Å²) in [5.74, 6) is -4.86. The molecule has 2 rings (SSSR count). The van der Waals surface area contributed by atoms with Crippen molar-refractivity contribution in [3.8, 4) is 0 Å². The fourth-order valence-electron chi connectivity index (χ4n) is 3.33. The smallest absolute Gasteiger partial charge is 0.320 e. The third-order valence-electron chi connectivity index (χ3n) is 6.22. The van der Waals surface area contributed by atoms with Crippen LogP contribution >= 0.6 is 0 Å². The van der Waals surface area contributed by atoms with Crippen LogP contribution in [0.1, 0.15) is 72.6 Å². The lowest BCUT2D eigenvalue weighted by Gasteiger charge is -2.07. The van der Waals surface area contributed by atoms with Crippen molar-refractivity contribution in [3.63, 3.8) is 0 Å². The van der Waals surface area contributed by atoms with Crippen LogP contribution in [0.4, 0.5) is 0 Å². The van der Waals surface area contributed by atoms with Crippen LogP contribution in [-0.4, -0.2) is 129 Å². The standard InChI is InChI=1S/C6H14N4O2.C6H13NO2.2C5H9NO2.C5H11NO2.C2H5NO2/c7-4(5(11)12)2-1-3-10-6(8)9;1-4(2)3-5(7)6(8)9;2*7-5(8)4-2-1-3-6-4;1-3(2)4(6)5(7)8;3-1-2(4)5/h4H,1-3,7H2,(H,11,12)(H4,8,9,10);4-5H,3,7H2,1-2H3,(H,8,9);2*4,6H,1-3H2,(H,7,8);3-4H,6H2,1-2H3,(H,7,8);1,3H2,(H,4,5)/t4-;5-;3*4-;/m00000./s1. The molecule has 294 valence electrons. The lowest BCUT2D eigenvalue weighted by atomic mass is 10.1. The summed E-state index contributed by atoms with van der Waals surface area (Å²) < 4.78 is 0. The minimum Gasteiger partial charge on any atom is -0.480 e. The van der Waals surface area contributed by atoms with Gasteiger partial charge in [0.25, 0.3) is 0 Å². The number of nitrogens with zero attached hydrogens (tertiary/aromatic N) is 1. The first-order valence-corrected chi connectivity index (χ1v) is 15.9. The maximum absolute atomic E-state index is 10.2. The van der Waals surface area contributed by atoms with Gasteiger partial charge in [-0.05, 0) is 69.9 Å². The first kappa shape index (κ1) is 52.7. The van der Waals surface area contributed by atoms with Gasteiger partial charge in [-0.1, -0.05) is 27.7 Å². The highest BCUT2D eigenvalue weighted by Gasteiger charge is 2.21. The predicted molar refractivity (Wildman–Crippen MR) is 185 cm³/mol. The van der Waals surface area contributed by atoms with Crippen LogP contribution in [0.25, 0.3) is 0 Å². The number of nitrogens with two attached hydrogens (primary N) is 6. The Balaban J connectivity index is -0.000000258. The Morgan fingerprint density at radius 1 is 0.720 bits per heavy atom. The molecule has 0 aromatic heterocycles. The summed E-state index contributed by atoms with van der Waals surface area (Å²) in [5, 5.41) is 54.9. The van der Waals surface area contributed by atoms with Gasteiger partial charge in [-0.15, -0.1) is 0 Å². The Hall–Kier alpha value is -4.15. The van der Waals surface area contributed by atoms with Crippen LogP contribution in [0.5, 0.6) is 0 Å². The van der Waals surface area contributed by atoms with Gasteiger partial charge in [-0.2, -0.15) is 0 Å². The van der Waals surface area contributed by atoms with Crippen LogP contribution in [0.3, 0.4) is 0 Å². The molecule has 2 aliphatic heterocycles. The van der Waals surface area contributed by atoms with Gasteiger partial charge in [0.1, 0.15) is 30.2 Å². The van der Waals surface area contributed by atoms with Crippen LogP contribution in [0.15, 0.2) is 4.99 Å². The Morgan fingerprint density at radius 2 is 1.12 bits per heavy atom. The van der Waals surface area contributed by atoms with E-state index in [2.05, 4.69) is 21.4 Å². The van der Waals surface area contributed by atoms with Gasteiger partial charge < -0.3 is 75.7 Å². The number of carboxylic acid groups (broad SMARTS) is 6. The number of nitrogens with one attached hydrogen (secondary N) is 2. The molecule has 20 N–H and O–H groups in total. The predicted octanol–water partition coefficient (Wildman–Crippen LogP) is -2.37. The molecular formula is C29H61N9O12. The second-order valence-corrected chi connectivity index (χ2v) is 11.6. The number of guanidine groups is 1. The molecule has 2 saturated heterocycles. The molecule has 21 heteroatoms. The second-order valence-electron chi connectivity index (χ2n) is 11.6. The largest absolute Gasteiger partial charge is 0.480 e. The van der Waals surface area contributed by atoms with Gasteiger partial charge >= 0.3 is 35.8 Å². The van der Waals surface area contributed by atoms with Crippen molar-refractivity contribution < 1.29 is 59.4 Å². The Kier molecular flexibility index (Phi) is 33.8. The zero-order chi connectivity index (χ0) is 40.0. The minimum absolute atomic E-state index is 0.0129. The minimum atomic E-state index is -1.00. The summed E-state index contributed by atoms with van der Waals surface area (Å²) >= 11 is 0. The Morgan fingerprint density at radius 3 is 1.28 bits per heavy atom. The lowest BCUT2D eigenvalue weighted by molar-refractivity contribution is -0.140. The van der Waals surface area contributed by atoms with Gasteiger partial charge in [0.2, 0.25) is 0 Å². The third-order valence-corrected chi connectivity index (χ3v) is 6.22. The summed E-state index contributed by atoms with van der Waals surface area (Å²) in [6, 6.07) is -2.76. The maximum Gasteiger partial charge on any atom is 0.320 e. The number of aliphatic carboxylic acids is 6. The number of aliphatic imine (C=N–C) groups is 1. The molecular weight excluding hydrogens is 666 g/mol. The zero-order valence-electron chi connectivity index (χ0n) is 29.4. The zero-order valence-corrected chi connectivity index (χ0v) is 29.4. The number of carbonyl (C=O) groups is 6. The average Bonchev–Trinajstić information content (AvgIpc) is 3.75. The van der Waals surface area contributed by atoms with Crippen molar-refractivity contribution in [2.24, 2.45) is 51.2 Å². The Labute approximate surface area is 292 Å². The summed E-state index contributed by atoms with van der Waals surface area (Å²) in [6.07, 6.45) is 5.07. The second kappa shape index (κ2) is 32.1. The molecule has 0 spiro atoms. The third kappa shape index (κ3) is 36.7. The normalized spacial score (nSPS) is 17.4. The molecule has 0 bridgehead atoms. The van der Waals surface area contributed by atoms with Gasteiger partial charge in [-0.25, -0.2) is 0 Å². The summed E-state index contributed by atoms with van der Waals surface area (Å²) in [7, 11) is 0. The van der Waals surface area contributed by atoms with Crippen molar-refractivity contribution in [3.05, 3.63) is 0 Å². The van der Waals surface area contributed by atoms with E-state index >= 15 is 0 Å². The molecule has 2 aliphatic rings. The maximum atomic E-state index is 10.2. The summed E-state index contributed by atoms with van der Waals surface area (Å²) in [6.45, 7) is 9.31. The quantitative estimate of drug-likeness (QED) is 0.0535. The molecule has 2 fully saturated rings. The van der Waals surface area contributed by atoms with E-state index in [1.807, 2.05) is 13.8 Å². The van der Waals surface area contributed by atoms with Crippen molar-refractivity contribution >= 4 is 41.8 Å². The van der Waals surface area contributed by atoms with Crippen LogP contribution in [0.2, 0.25) is 0 Å². The lowest BCUT2D eigenvalue weighted by Crippen LogP contribution is -2.34. The van der Waals surface area contributed by atoms with Crippen molar-refractivity contribution in [1.29, 1.82) is 0 Å². The monoisotopic (exact) mass is 727 g/mol. The fraction of sp³-hybridized carbons (Fsp3) is 0.759. The van der Waals surface area contributed by atoms with E-state index in [9.17, 15) is 28.8 Å². The molecule has 0 unspecified atom stereocenters. The van der Waals surface area contributed by atoms with Crippen LogP contribution in [-0.2, 0) is 28.8 Å². The van der Waals surface area contributed by atoms with E-state index in [-0.39, 0.29) is 30.5 Å². The van der Waals surface area contributed by atoms with Gasteiger partial charge in [-0.3, -0.25) is 33.8 Å². The van der Waals surface area contributed by atoms with Gasteiger partial charge in [0, 0.05) is 6.54 Å². The summed E-state index contributed by atoms with van der Waals surface area (Å²) in [5.41, 5.74) is 30.3. The molecule has 50 heavy (non-hydrogen) atoms. The molecule has 0 amide bonds. The highest BCUT2D eigenvalue weighted by molar-refractivity contribution is 5.76. The number of carboxylic acids is 6. The van der Waals surface area contributed by atoms with Gasteiger partial charge in [0.05, 0.1) is 6.54 Å². The van der Waals surface area contributed by atoms with Crippen LogP contribution in [0, 0.1) is 11.8 Å². The molecule has 0 radical (unpaired) electrons.